The maximum Gasteiger partial charge on any atom is 0.247 e. The van der Waals surface area contributed by atoms with E-state index in [2.05, 4.69) is 5.32 Å². The van der Waals surface area contributed by atoms with Crippen LogP contribution in [-0.2, 0) is 22.6 Å². The summed E-state index contributed by atoms with van der Waals surface area (Å²) in [5.41, 5.74) is 2.02. The SMILES string of the molecule is COc1ccc(CCN[C@@H]2CC(=O)N(Cc3ccccc3)C2=O)cc1OC. The molecular weight excluding hydrogens is 344 g/mol. The number of likely N-dealkylation sites (tertiary alicyclic amines) is 1. The molecule has 0 saturated carbocycles. The number of rotatable bonds is 8. The lowest BCUT2D eigenvalue weighted by molar-refractivity contribution is -0.139. The van der Waals surface area contributed by atoms with Crippen LogP contribution in [0.5, 0.6) is 11.5 Å². The normalized spacial score (nSPS) is 16.7. The molecule has 1 atom stereocenters. The van der Waals surface area contributed by atoms with Crippen molar-refractivity contribution < 1.29 is 19.1 Å². The van der Waals surface area contributed by atoms with Gasteiger partial charge in [-0.25, -0.2) is 0 Å². The number of benzene rings is 2. The minimum absolute atomic E-state index is 0.132. The van der Waals surface area contributed by atoms with Gasteiger partial charge in [-0.2, -0.15) is 0 Å². The lowest BCUT2D eigenvalue weighted by Crippen LogP contribution is -2.39. The van der Waals surface area contributed by atoms with Crippen molar-refractivity contribution >= 4 is 11.8 Å². The van der Waals surface area contributed by atoms with Crippen LogP contribution in [-0.4, -0.2) is 43.5 Å². The Morgan fingerprint density at radius 2 is 1.74 bits per heavy atom. The van der Waals surface area contributed by atoms with Crippen LogP contribution in [0.2, 0.25) is 0 Å². The zero-order valence-corrected chi connectivity index (χ0v) is 15.6. The van der Waals surface area contributed by atoms with Crippen LogP contribution in [0.15, 0.2) is 48.5 Å². The number of ether oxygens (including phenoxy) is 2. The number of hydrogen-bond acceptors (Lipinski definition) is 5. The molecule has 1 fully saturated rings. The van der Waals surface area contributed by atoms with Crippen molar-refractivity contribution in [2.75, 3.05) is 20.8 Å². The molecule has 2 amide bonds. The number of nitrogens with one attached hydrogen (secondary N) is 1. The molecule has 0 aliphatic carbocycles. The van der Waals surface area contributed by atoms with Gasteiger partial charge in [0.2, 0.25) is 11.8 Å². The molecule has 0 unspecified atom stereocenters. The molecule has 0 bridgehead atoms. The fourth-order valence-corrected chi connectivity index (χ4v) is 3.20. The standard InChI is InChI=1S/C21H24N2O4/c1-26-18-9-8-15(12-19(18)27-2)10-11-22-17-13-20(24)23(21(17)25)14-16-6-4-3-5-7-16/h3-9,12,17,22H,10-11,13-14H2,1-2H3/t17-/m1/s1. The molecule has 0 spiro atoms. The van der Waals surface area contributed by atoms with Crippen molar-refractivity contribution in [3.63, 3.8) is 0 Å². The molecular formula is C21H24N2O4. The van der Waals surface area contributed by atoms with Gasteiger partial charge in [0.05, 0.1) is 33.2 Å². The monoisotopic (exact) mass is 368 g/mol. The molecule has 2 aromatic rings. The average Bonchev–Trinajstić information content (AvgIpc) is 2.96. The lowest BCUT2D eigenvalue weighted by Gasteiger charge is -2.16. The van der Waals surface area contributed by atoms with Gasteiger partial charge in [-0.15, -0.1) is 0 Å². The van der Waals surface area contributed by atoms with Crippen LogP contribution in [0, 0.1) is 0 Å². The second kappa shape index (κ2) is 8.68. The first kappa shape index (κ1) is 18.9. The first-order chi connectivity index (χ1) is 13.1. The predicted molar refractivity (Wildman–Crippen MR) is 102 cm³/mol. The summed E-state index contributed by atoms with van der Waals surface area (Å²) in [6, 6.07) is 14.8. The third-order valence-electron chi connectivity index (χ3n) is 4.68. The van der Waals surface area contributed by atoms with E-state index >= 15 is 0 Å². The van der Waals surface area contributed by atoms with Gasteiger partial charge >= 0.3 is 0 Å². The molecule has 27 heavy (non-hydrogen) atoms. The minimum Gasteiger partial charge on any atom is -0.493 e. The summed E-state index contributed by atoms with van der Waals surface area (Å²) in [5, 5.41) is 3.21. The quantitative estimate of drug-likeness (QED) is 0.724. The Bertz CT molecular complexity index is 807. The van der Waals surface area contributed by atoms with E-state index in [1.54, 1.807) is 14.2 Å². The Balaban J connectivity index is 1.54. The van der Waals surface area contributed by atoms with E-state index in [1.165, 1.54) is 4.90 Å². The van der Waals surface area contributed by atoms with E-state index < -0.39 is 6.04 Å². The highest BCUT2D eigenvalue weighted by Gasteiger charge is 2.37. The van der Waals surface area contributed by atoms with Gasteiger partial charge in [-0.3, -0.25) is 14.5 Å². The number of amides is 2. The molecule has 6 heteroatoms. The predicted octanol–water partition coefficient (Wildman–Crippen LogP) is 2.16. The fraction of sp³-hybridized carbons (Fsp3) is 0.333. The molecule has 0 aromatic heterocycles. The van der Waals surface area contributed by atoms with E-state index in [4.69, 9.17) is 9.47 Å². The Morgan fingerprint density at radius 3 is 2.44 bits per heavy atom. The van der Waals surface area contributed by atoms with Gasteiger partial charge in [0.15, 0.2) is 11.5 Å². The summed E-state index contributed by atoms with van der Waals surface area (Å²) < 4.78 is 10.5. The Hall–Kier alpha value is -2.86. The summed E-state index contributed by atoms with van der Waals surface area (Å²) >= 11 is 0. The number of methoxy groups -OCH3 is 2. The van der Waals surface area contributed by atoms with Crippen LogP contribution in [0.4, 0.5) is 0 Å². The van der Waals surface area contributed by atoms with E-state index in [9.17, 15) is 9.59 Å². The van der Waals surface area contributed by atoms with Crippen LogP contribution >= 0.6 is 0 Å². The average molecular weight is 368 g/mol. The second-order valence-corrected chi connectivity index (χ2v) is 6.45. The van der Waals surface area contributed by atoms with Crippen molar-refractivity contribution in [1.29, 1.82) is 0 Å². The van der Waals surface area contributed by atoms with Crippen molar-refractivity contribution in [2.45, 2.75) is 25.4 Å². The van der Waals surface area contributed by atoms with Crippen LogP contribution in [0.1, 0.15) is 17.5 Å². The zero-order chi connectivity index (χ0) is 19.2. The topological polar surface area (TPSA) is 67.9 Å². The summed E-state index contributed by atoms with van der Waals surface area (Å²) in [4.78, 5) is 26.1. The van der Waals surface area contributed by atoms with E-state index in [1.807, 2.05) is 48.5 Å². The molecule has 1 saturated heterocycles. The Morgan fingerprint density at radius 1 is 1.00 bits per heavy atom. The smallest absolute Gasteiger partial charge is 0.247 e. The van der Waals surface area contributed by atoms with Crippen LogP contribution in [0.3, 0.4) is 0 Å². The number of carbonyl (C=O) groups excluding carboxylic acids is 2. The lowest BCUT2D eigenvalue weighted by atomic mass is 10.1. The summed E-state index contributed by atoms with van der Waals surface area (Å²) in [6.45, 7) is 0.921. The van der Waals surface area contributed by atoms with Gasteiger partial charge < -0.3 is 14.8 Å². The third kappa shape index (κ3) is 4.46. The van der Waals surface area contributed by atoms with Gasteiger partial charge in [-0.05, 0) is 36.2 Å². The van der Waals surface area contributed by atoms with E-state index in [-0.39, 0.29) is 18.2 Å². The minimum atomic E-state index is -0.457. The first-order valence-corrected chi connectivity index (χ1v) is 8.94. The van der Waals surface area contributed by atoms with Crippen molar-refractivity contribution in [2.24, 2.45) is 0 Å². The Kier molecular flexibility index (Phi) is 6.08. The van der Waals surface area contributed by atoms with E-state index in [0.717, 1.165) is 17.5 Å². The van der Waals surface area contributed by atoms with Gasteiger partial charge in [0, 0.05) is 0 Å². The maximum atomic E-state index is 12.6. The highest BCUT2D eigenvalue weighted by Crippen LogP contribution is 2.27. The highest BCUT2D eigenvalue weighted by atomic mass is 16.5. The van der Waals surface area contributed by atoms with Crippen LogP contribution in [0.25, 0.3) is 0 Å². The summed E-state index contributed by atoms with van der Waals surface area (Å²) in [7, 11) is 3.20. The summed E-state index contributed by atoms with van der Waals surface area (Å²) in [5.74, 6) is 1.07. The Labute approximate surface area is 159 Å². The van der Waals surface area contributed by atoms with E-state index in [0.29, 0.717) is 24.6 Å². The van der Waals surface area contributed by atoms with Gasteiger partial charge in [0.1, 0.15) is 0 Å². The number of nitrogens with zero attached hydrogens (tertiary/aromatic N) is 1. The van der Waals surface area contributed by atoms with Crippen molar-refractivity contribution in [1.82, 2.24) is 10.2 Å². The zero-order valence-electron chi connectivity index (χ0n) is 15.6. The maximum absolute atomic E-state index is 12.6. The number of imide groups is 1. The molecule has 6 nitrogen and oxygen atoms in total. The molecule has 142 valence electrons. The molecule has 1 aliphatic rings. The molecule has 1 heterocycles. The second-order valence-electron chi connectivity index (χ2n) is 6.45. The molecule has 3 rings (SSSR count). The summed E-state index contributed by atoms with van der Waals surface area (Å²) in [6.07, 6.45) is 0.925. The van der Waals surface area contributed by atoms with Crippen molar-refractivity contribution in [3.05, 3.63) is 59.7 Å². The third-order valence-corrected chi connectivity index (χ3v) is 4.68. The highest BCUT2D eigenvalue weighted by molar-refractivity contribution is 6.05. The van der Waals surface area contributed by atoms with Gasteiger partial charge in [0.25, 0.3) is 0 Å². The molecule has 1 N–H and O–H groups in total. The molecule has 1 aliphatic heterocycles. The molecule has 2 aromatic carbocycles. The molecule has 0 radical (unpaired) electrons. The number of carbonyl (C=O) groups is 2. The number of hydrogen-bond donors (Lipinski definition) is 1. The van der Waals surface area contributed by atoms with Gasteiger partial charge in [-0.1, -0.05) is 36.4 Å². The van der Waals surface area contributed by atoms with Crippen molar-refractivity contribution in [3.8, 4) is 11.5 Å². The first-order valence-electron chi connectivity index (χ1n) is 8.94. The largest absolute Gasteiger partial charge is 0.493 e. The fourth-order valence-electron chi connectivity index (χ4n) is 3.20. The van der Waals surface area contributed by atoms with Crippen LogP contribution < -0.4 is 14.8 Å².